The van der Waals surface area contributed by atoms with Crippen LogP contribution < -0.4 is 16.0 Å². The minimum atomic E-state index is 0.0985. The lowest BCUT2D eigenvalue weighted by Gasteiger charge is -2.10. The van der Waals surface area contributed by atoms with Crippen molar-refractivity contribution in [2.45, 2.75) is 13.5 Å². The van der Waals surface area contributed by atoms with E-state index in [1.807, 2.05) is 31.2 Å². The fraction of sp³-hybridized carbons (Fsp3) is 0.273. The van der Waals surface area contributed by atoms with E-state index in [4.69, 9.17) is 10.8 Å². The summed E-state index contributed by atoms with van der Waals surface area (Å²) in [5.41, 5.74) is 2.32. The van der Waals surface area contributed by atoms with Gasteiger partial charge >= 0.3 is 0 Å². The van der Waals surface area contributed by atoms with Gasteiger partial charge < -0.3 is 10.6 Å². The van der Waals surface area contributed by atoms with Crippen molar-refractivity contribution in [2.24, 2.45) is 0 Å². The molecule has 0 fully saturated rings. The molecule has 1 rings (SSSR count). The average Bonchev–Trinajstić information content (AvgIpc) is 2.28. The van der Waals surface area contributed by atoms with Crippen LogP contribution in [0.25, 0.3) is 0 Å². The first-order valence-electron chi connectivity index (χ1n) is 5.03. The maximum atomic E-state index is 7.51. The van der Waals surface area contributed by atoms with E-state index in [-0.39, 0.29) is 11.9 Å². The quantitative estimate of drug-likeness (QED) is 0.376. The Kier molecular flexibility index (Phi) is 4.32. The highest BCUT2D eigenvalue weighted by Crippen LogP contribution is 2.01. The third kappa shape index (κ3) is 4.00. The number of nitrogens with one attached hydrogen (secondary N) is 5. The summed E-state index contributed by atoms with van der Waals surface area (Å²) in [7, 11) is 1.63. The van der Waals surface area contributed by atoms with Crippen molar-refractivity contribution in [3.8, 4) is 0 Å². The van der Waals surface area contributed by atoms with Gasteiger partial charge in [0.05, 0.1) is 0 Å². The SMILES string of the molecule is CNC(=N)NC(=N)NCc1ccc(C)cc1. The maximum Gasteiger partial charge on any atom is 0.195 e. The smallest absolute Gasteiger partial charge is 0.195 e. The highest BCUT2D eigenvalue weighted by molar-refractivity contribution is 5.95. The molecule has 0 spiro atoms. The standard InChI is InChI=1S/C11H17N5/c1-8-3-5-9(6-4-8)7-15-11(13)16-10(12)14-2/h3-6H,7H2,1-2H3,(H5,12,13,14,15,16). The second-order valence-electron chi connectivity index (χ2n) is 3.46. The van der Waals surface area contributed by atoms with Crippen LogP contribution in [-0.2, 0) is 6.54 Å². The summed E-state index contributed by atoms with van der Waals surface area (Å²) in [6.07, 6.45) is 0. The van der Waals surface area contributed by atoms with E-state index in [1.165, 1.54) is 5.56 Å². The molecule has 0 aliphatic carbocycles. The van der Waals surface area contributed by atoms with Crippen molar-refractivity contribution in [1.29, 1.82) is 10.8 Å². The molecule has 0 atom stereocenters. The molecule has 0 saturated carbocycles. The highest BCUT2D eigenvalue weighted by atomic mass is 15.2. The van der Waals surface area contributed by atoms with Gasteiger partial charge in [0.25, 0.3) is 0 Å². The molecular weight excluding hydrogens is 202 g/mol. The number of guanidine groups is 2. The van der Waals surface area contributed by atoms with E-state index in [1.54, 1.807) is 7.05 Å². The molecular formula is C11H17N5. The number of rotatable bonds is 2. The second kappa shape index (κ2) is 5.75. The van der Waals surface area contributed by atoms with Gasteiger partial charge in [0.1, 0.15) is 0 Å². The third-order valence-electron chi connectivity index (χ3n) is 2.09. The van der Waals surface area contributed by atoms with Crippen molar-refractivity contribution < 1.29 is 0 Å². The Morgan fingerprint density at radius 3 is 2.31 bits per heavy atom. The Labute approximate surface area is 95.3 Å². The highest BCUT2D eigenvalue weighted by Gasteiger charge is 1.98. The Bertz CT molecular complexity index is 368. The van der Waals surface area contributed by atoms with E-state index in [0.717, 1.165) is 5.56 Å². The Hall–Kier alpha value is -2.04. The van der Waals surface area contributed by atoms with E-state index in [0.29, 0.717) is 6.54 Å². The molecule has 5 nitrogen and oxygen atoms in total. The van der Waals surface area contributed by atoms with Crippen LogP contribution in [0.5, 0.6) is 0 Å². The minimum Gasteiger partial charge on any atom is -0.359 e. The average molecular weight is 219 g/mol. The summed E-state index contributed by atoms with van der Waals surface area (Å²) in [6, 6.07) is 8.09. The fourth-order valence-electron chi connectivity index (χ4n) is 1.13. The normalized spacial score (nSPS) is 9.38. The summed E-state index contributed by atoms with van der Waals surface area (Å²) < 4.78 is 0. The molecule has 0 saturated heterocycles. The largest absolute Gasteiger partial charge is 0.359 e. The van der Waals surface area contributed by atoms with Crippen LogP contribution in [0.4, 0.5) is 0 Å². The molecule has 1 aromatic rings. The van der Waals surface area contributed by atoms with Gasteiger partial charge in [0, 0.05) is 13.6 Å². The van der Waals surface area contributed by atoms with E-state index in [2.05, 4.69) is 16.0 Å². The molecule has 16 heavy (non-hydrogen) atoms. The minimum absolute atomic E-state index is 0.0985. The molecule has 5 heteroatoms. The molecule has 0 radical (unpaired) electrons. The van der Waals surface area contributed by atoms with Crippen molar-refractivity contribution in [2.75, 3.05) is 7.05 Å². The van der Waals surface area contributed by atoms with E-state index in [9.17, 15) is 0 Å². The van der Waals surface area contributed by atoms with Crippen LogP contribution in [0, 0.1) is 17.7 Å². The Balaban J connectivity index is 2.37. The number of hydrogen-bond acceptors (Lipinski definition) is 2. The fourth-order valence-corrected chi connectivity index (χ4v) is 1.13. The maximum absolute atomic E-state index is 7.51. The Morgan fingerprint density at radius 1 is 1.12 bits per heavy atom. The molecule has 0 aromatic heterocycles. The summed E-state index contributed by atoms with van der Waals surface area (Å²) in [5, 5.41) is 22.8. The summed E-state index contributed by atoms with van der Waals surface area (Å²) in [4.78, 5) is 0. The molecule has 0 amide bonds. The molecule has 1 aromatic carbocycles. The Morgan fingerprint density at radius 2 is 1.75 bits per heavy atom. The zero-order chi connectivity index (χ0) is 12.0. The van der Waals surface area contributed by atoms with Crippen molar-refractivity contribution in [3.05, 3.63) is 35.4 Å². The monoisotopic (exact) mass is 219 g/mol. The molecule has 5 N–H and O–H groups in total. The summed E-state index contributed by atoms with van der Waals surface area (Å²) in [5.74, 6) is 0.210. The zero-order valence-corrected chi connectivity index (χ0v) is 9.52. The topological polar surface area (TPSA) is 83.8 Å². The lowest BCUT2D eigenvalue weighted by molar-refractivity contribution is 0.870. The second-order valence-corrected chi connectivity index (χ2v) is 3.46. The molecule has 0 aliphatic heterocycles. The molecule has 86 valence electrons. The van der Waals surface area contributed by atoms with Crippen LogP contribution in [0.15, 0.2) is 24.3 Å². The predicted octanol–water partition coefficient (Wildman–Crippen LogP) is 0.763. The van der Waals surface area contributed by atoms with Crippen molar-refractivity contribution in [1.82, 2.24) is 16.0 Å². The van der Waals surface area contributed by atoms with Crippen LogP contribution in [-0.4, -0.2) is 19.0 Å². The predicted molar refractivity (Wildman–Crippen MR) is 65.7 cm³/mol. The van der Waals surface area contributed by atoms with Crippen LogP contribution >= 0.6 is 0 Å². The van der Waals surface area contributed by atoms with Gasteiger partial charge in [0.2, 0.25) is 0 Å². The van der Waals surface area contributed by atoms with Gasteiger partial charge in [-0.05, 0) is 12.5 Å². The van der Waals surface area contributed by atoms with Crippen molar-refractivity contribution >= 4 is 11.9 Å². The van der Waals surface area contributed by atoms with Crippen LogP contribution in [0.2, 0.25) is 0 Å². The van der Waals surface area contributed by atoms with Gasteiger partial charge in [-0.2, -0.15) is 0 Å². The number of hydrogen-bond donors (Lipinski definition) is 5. The summed E-state index contributed by atoms with van der Waals surface area (Å²) in [6.45, 7) is 2.61. The lowest BCUT2D eigenvalue weighted by Crippen LogP contribution is -2.44. The van der Waals surface area contributed by atoms with E-state index >= 15 is 0 Å². The zero-order valence-electron chi connectivity index (χ0n) is 9.52. The first-order chi connectivity index (χ1) is 7.61. The summed E-state index contributed by atoms with van der Waals surface area (Å²) >= 11 is 0. The first-order valence-corrected chi connectivity index (χ1v) is 5.03. The molecule has 0 bridgehead atoms. The lowest BCUT2D eigenvalue weighted by atomic mass is 10.1. The van der Waals surface area contributed by atoms with Gasteiger partial charge in [-0.25, -0.2) is 0 Å². The van der Waals surface area contributed by atoms with E-state index < -0.39 is 0 Å². The first kappa shape index (κ1) is 12.0. The van der Waals surface area contributed by atoms with Gasteiger partial charge in [-0.1, -0.05) is 29.8 Å². The van der Waals surface area contributed by atoms with Gasteiger partial charge in [-0.15, -0.1) is 0 Å². The van der Waals surface area contributed by atoms with Crippen LogP contribution in [0.1, 0.15) is 11.1 Å². The van der Waals surface area contributed by atoms with Crippen molar-refractivity contribution in [3.63, 3.8) is 0 Å². The number of aryl methyl sites for hydroxylation is 1. The molecule has 0 unspecified atom stereocenters. The van der Waals surface area contributed by atoms with Crippen LogP contribution in [0.3, 0.4) is 0 Å². The van der Waals surface area contributed by atoms with Gasteiger partial charge in [-0.3, -0.25) is 16.1 Å². The molecule has 0 heterocycles. The van der Waals surface area contributed by atoms with Gasteiger partial charge in [0.15, 0.2) is 11.9 Å². The molecule has 0 aliphatic rings. The number of benzene rings is 1. The third-order valence-corrected chi connectivity index (χ3v) is 2.09.